The minimum Gasteiger partial charge on any atom is -0.497 e. The second kappa shape index (κ2) is 10.9. The maximum absolute atomic E-state index is 14.5. The van der Waals surface area contributed by atoms with Gasteiger partial charge in [0.05, 0.1) is 7.11 Å². The van der Waals surface area contributed by atoms with Gasteiger partial charge in [-0.3, -0.25) is 0 Å². The summed E-state index contributed by atoms with van der Waals surface area (Å²) >= 11 is 0. The van der Waals surface area contributed by atoms with E-state index < -0.39 is 35.3 Å². The summed E-state index contributed by atoms with van der Waals surface area (Å²) in [6.45, 7) is 4.05. The quantitative estimate of drug-likeness (QED) is 0.373. The molecule has 9 heteroatoms. The van der Waals surface area contributed by atoms with E-state index in [9.17, 15) is 18.7 Å². The Morgan fingerprint density at radius 1 is 1.09 bits per heavy atom. The summed E-state index contributed by atoms with van der Waals surface area (Å²) in [6.07, 6.45) is 0.227. The second-order valence-electron chi connectivity index (χ2n) is 8.17. The largest absolute Gasteiger partial charge is 0.497 e. The summed E-state index contributed by atoms with van der Waals surface area (Å²) < 4.78 is 39.9. The Balaban J connectivity index is 1.95. The first-order chi connectivity index (χ1) is 16.2. The molecule has 0 fully saturated rings. The fourth-order valence-electron chi connectivity index (χ4n) is 3.39. The summed E-state index contributed by atoms with van der Waals surface area (Å²) in [5.74, 6) is -3.46. The lowest BCUT2D eigenvalue weighted by Crippen LogP contribution is -2.31. The molecule has 4 N–H and O–H groups in total. The average molecular weight is 472 g/mol. The zero-order chi connectivity index (χ0) is 24.8. The smallest absolute Gasteiger partial charge is 0.326 e. The Labute approximate surface area is 196 Å². The SMILES string of the molecule is COc1cc(Oc2nc(N[C@H](CC(C)C)C(=O)O)c(F)cc2F)cc(-c2cccc(CN)c2)c1. The lowest BCUT2D eigenvalue weighted by Gasteiger charge is -2.18. The number of rotatable bonds is 10. The van der Waals surface area contributed by atoms with Gasteiger partial charge in [0.2, 0.25) is 0 Å². The van der Waals surface area contributed by atoms with Crippen molar-refractivity contribution < 1.29 is 28.2 Å². The van der Waals surface area contributed by atoms with Crippen molar-refractivity contribution in [2.45, 2.75) is 32.9 Å². The first-order valence-corrected chi connectivity index (χ1v) is 10.7. The topological polar surface area (TPSA) is 107 Å². The highest BCUT2D eigenvalue weighted by atomic mass is 19.1. The van der Waals surface area contributed by atoms with E-state index in [1.807, 2.05) is 38.1 Å². The van der Waals surface area contributed by atoms with Gasteiger partial charge in [0.25, 0.3) is 5.88 Å². The molecule has 0 aliphatic carbocycles. The fourth-order valence-corrected chi connectivity index (χ4v) is 3.39. The van der Waals surface area contributed by atoms with Gasteiger partial charge in [-0.05, 0) is 47.2 Å². The van der Waals surface area contributed by atoms with E-state index in [0.717, 1.165) is 16.7 Å². The van der Waals surface area contributed by atoms with Crippen LogP contribution in [0, 0.1) is 17.6 Å². The van der Waals surface area contributed by atoms with Crippen molar-refractivity contribution in [3.63, 3.8) is 0 Å². The molecule has 3 aromatic rings. The van der Waals surface area contributed by atoms with E-state index >= 15 is 0 Å². The molecule has 1 heterocycles. The summed E-state index contributed by atoms with van der Waals surface area (Å²) in [6, 6.07) is 12.1. The van der Waals surface area contributed by atoms with Gasteiger partial charge >= 0.3 is 5.97 Å². The van der Waals surface area contributed by atoms with Gasteiger partial charge in [-0.1, -0.05) is 32.0 Å². The third kappa shape index (κ3) is 6.20. The lowest BCUT2D eigenvalue weighted by atomic mass is 10.0. The zero-order valence-electron chi connectivity index (χ0n) is 19.1. The number of carbonyl (C=O) groups is 1. The maximum atomic E-state index is 14.5. The van der Waals surface area contributed by atoms with Crippen LogP contribution in [0.3, 0.4) is 0 Å². The number of ether oxygens (including phenoxy) is 2. The van der Waals surface area contributed by atoms with E-state index in [1.54, 1.807) is 12.1 Å². The van der Waals surface area contributed by atoms with Gasteiger partial charge in [0.1, 0.15) is 17.5 Å². The number of halogens is 2. The average Bonchev–Trinajstić information content (AvgIpc) is 2.81. The Hall–Kier alpha value is -3.72. The number of hydrogen-bond acceptors (Lipinski definition) is 6. The highest BCUT2D eigenvalue weighted by Gasteiger charge is 2.23. The molecule has 0 radical (unpaired) electrons. The van der Waals surface area contributed by atoms with Gasteiger partial charge in [0.15, 0.2) is 17.5 Å². The van der Waals surface area contributed by atoms with Crippen LogP contribution in [0.1, 0.15) is 25.8 Å². The number of carboxylic acid groups (broad SMARTS) is 1. The maximum Gasteiger partial charge on any atom is 0.326 e. The predicted octanol–water partition coefficient (Wildman–Crippen LogP) is 5.20. The van der Waals surface area contributed by atoms with E-state index in [2.05, 4.69) is 10.3 Å². The minimum atomic E-state index is -1.17. The van der Waals surface area contributed by atoms with Crippen LogP contribution in [0.5, 0.6) is 17.4 Å². The standard InChI is InChI=1S/C25H27F2N3O4/c1-14(2)7-22(25(31)32)29-23-20(26)12-21(27)24(30-23)34-19-10-17(9-18(11-19)33-3)16-6-4-5-15(8-16)13-28/h4-6,8-12,14,22H,7,13,28H2,1-3H3,(H,29,30)(H,31,32)/t22-/m1/s1. The monoisotopic (exact) mass is 471 g/mol. The van der Waals surface area contributed by atoms with Gasteiger partial charge in [-0.25, -0.2) is 13.6 Å². The number of hydrogen-bond donors (Lipinski definition) is 3. The molecule has 0 unspecified atom stereocenters. The van der Waals surface area contributed by atoms with Crippen LogP contribution in [-0.4, -0.2) is 29.2 Å². The number of nitrogens with one attached hydrogen (secondary N) is 1. The number of aromatic nitrogens is 1. The molecule has 34 heavy (non-hydrogen) atoms. The molecule has 0 saturated carbocycles. The number of benzene rings is 2. The fraction of sp³-hybridized carbons (Fsp3) is 0.280. The molecule has 180 valence electrons. The van der Waals surface area contributed by atoms with Crippen molar-refractivity contribution in [2.24, 2.45) is 11.7 Å². The third-order valence-corrected chi connectivity index (χ3v) is 5.04. The van der Waals surface area contributed by atoms with E-state index in [4.69, 9.17) is 15.2 Å². The van der Waals surface area contributed by atoms with Crippen molar-refractivity contribution in [3.8, 4) is 28.5 Å². The van der Waals surface area contributed by atoms with Crippen LogP contribution >= 0.6 is 0 Å². The second-order valence-corrected chi connectivity index (χ2v) is 8.17. The van der Waals surface area contributed by atoms with Gasteiger partial charge in [-0.2, -0.15) is 4.98 Å². The number of nitrogens with zero attached hydrogens (tertiary/aromatic N) is 1. The van der Waals surface area contributed by atoms with Crippen molar-refractivity contribution in [1.82, 2.24) is 4.98 Å². The van der Waals surface area contributed by atoms with Crippen LogP contribution in [-0.2, 0) is 11.3 Å². The summed E-state index contributed by atoms with van der Waals surface area (Å²) in [5.41, 5.74) is 8.24. The first kappa shape index (κ1) is 24.9. The van der Waals surface area contributed by atoms with Crippen LogP contribution in [0.2, 0.25) is 0 Å². The van der Waals surface area contributed by atoms with Crippen LogP contribution in [0.25, 0.3) is 11.1 Å². The Morgan fingerprint density at radius 3 is 2.47 bits per heavy atom. The highest BCUT2D eigenvalue weighted by molar-refractivity contribution is 5.77. The molecule has 0 aliphatic heterocycles. The molecule has 3 rings (SSSR count). The summed E-state index contributed by atoms with van der Waals surface area (Å²) in [5, 5.41) is 12.0. The van der Waals surface area contributed by atoms with E-state index in [-0.39, 0.29) is 18.1 Å². The Bertz CT molecular complexity index is 1170. The number of methoxy groups -OCH3 is 1. The lowest BCUT2D eigenvalue weighted by molar-refractivity contribution is -0.138. The number of aliphatic carboxylic acids is 1. The minimum absolute atomic E-state index is 0.0285. The molecule has 7 nitrogen and oxygen atoms in total. The van der Waals surface area contributed by atoms with Gasteiger partial charge in [-0.15, -0.1) is 0 Å². The summed E-state index contributed by atoms with van der Waals surface area (Å²) in [7, 11) is 1.48. The molecule has 2 aromatic carbocycles. The number of anilines is 1. The normalized spacial score (nSPS) is 11.9. The van der Waals surface area contributed by atoms with Crippen LogP contribution in [0.15, 0.2) is 48.5 Å². The molecular weight excluding hydrogens is 444 g/mol. The molecular formula is C25H27F2N3O4. The molecule has 0 saturated heterocycles. The van der Waals surface area contributed by atoms with Crippen molar-refractivity contribution in [1.29, 1.82) is 0 Å². The van der Waals surface area contributed by atoms with Gasteiger partial charge in [0, 0.05) is 18.7 Å². The Morgan fingerprint density at radius 2 is 1.82 bits per heavy atom. The molecule has 0 amide bonds. The number of nitrogens with two attached hydrogens (primary N) is 1. The predicted molar refractivity (Wildman–Crippen MR) is 125 cm³/mol. The summed E-state index contributed by atoms with van der Waals surface area (Å²) in [4.78, 5) is 15.4. The van der Waals surface area contributed by atoms with E-state index in [0.29, 0.717) is 18.4 Å². The molecule has 0 spiro atoms. The third-order valence-electron chi connectivity index (χ3n) is 5.04. The van der Waals surface area contributed by atoms with Crippen LogP contribution in [0.4, 0.5) is 14.6 Å². The molecule has 0 bridgehead atoms. The molecule has 1 atom stereocenters. The van der Waals surface area contributed by atoms with Crippen LogP contribution < -0.4 is 20.5 Å². The zero-order valence-corrected chi connectivity index (χ0v) is 19.1. The highest BCUT2D eigenvalue weighted by Crippen LogP contribution is 2.34. The number of carboxylic acids is 1. The molecule has 0 aliphatic rings. The Kier molecular flexibility index (Phi) is 8.01. The van der Waals surface area contributed by atoms with Gasteiger partial charge < -0.3 is 25.6 Å². The molecule has 1 aromatic heterocycles. The van der Waals surface area contributed by atoms with Crippen molar-refractivity contribution in [2.75, 3.05) is 12.4 Å². The number of pyridine rings is 1. The van der Waals surface area contributed by atoms with Crippen molar-refractivity contribution in [3.05, 3.63) is 65.7 Å². The first-order valence-electron chi connectivity index (χ1n) is 10.7. The van der Waals surface area contributed by atoms with Crippen molar-refractivity contribution >= 4 is 11.8 Å². The van der Waals surface area contributed by atoms with E-state index in [1.165, 1.54) is 13.2 Å².